The highest BCUT2D eigenvalue weighted by Crippen LogP contribution is 2.38. The number of aromatic hydroxyl groups is 2. The zero-order valence-electron chi connectivity index (χ0n) is 16.6. The molecular weight excluding hydrogens is 426 g/mol. The Bertz CT molecular complexity index is 1080. The molecule has 31 heavy (non-hydrogen) atoms. The summed E-state index contributed by atoms with van der Waals surface area (Å²) in [6, 6.07) is 10.5. The summed E-state index contributed by atoms with van der Waals surface area (Å²) in [5.41, 5.74) is -0.949. The average Bonchev–Trinajstić information content (AvgIpc) is 2.74. The van der Waals surface area contributed by atoms with Gasteiger partial charge in [-0.3, -0.25) is 14.9 Å². The van der Waals surface area contributed by atoms with Gasteiger partial charge in [-0.05, 0) is 37.5 Å². The van der Waals surface area contributed by atoms with Crippen molar-refractivity contribution in [3.8, 4) is 17.6 Å². The fraction of sp³-hybridized carbons (Fsp3) is 0.238. The van der Waals surface area contributed by atoms with E-state index in [1.807, 2.05) is 18.2 Å². The van der Waals surface area contributed by atoms with Gasteiger partial charge in [-0.2, -0.15) is 5.26 Å². The SMILES string of the molecule is CCN(CCCc1ccccc1Cl)C(=O)/C(C#N)=C(\O)c1cc(O)c(O)c([N+](=O)[O-])c1. The van der Waals surface area contributed by atoms with Crippen LogP contribution < -0.4 is 0 Å². The third-order valence-corrected chi connectivity index (χ3v) is 4.97. The topological polar surface area (TPSA) is 148 Å². The van der Waals surface area contributed by atoms with Crippen LogP contribution in [0.4, 0.5) is 5.69 Å². The van der Waals surface area contributed by atoms with Gasteiger partial charge in [0.15, 0.2) is 11.3 Å². The van der Waals surface area contributed by atoms with E-state index >= 15 is 0 Å². The first kappa shape index (κ1) is 23.5. The van der Waals surface area contributed by atoms with Gasteiger partial charge in [0, 0.05) is 29.7 Å². The molecule has 0 aliphatic carbocycles. The number of hydrogen-bond donors (Lipinski definition) is 3. The van der Waals surface area contributed by atoms with Crippen LogP contribution in [0.5, 0.6) is 11.5 Å². The van der Waals surface area contributed by atoms with Crippen molar-refractivity contribution in [3.05, 3.63) is 68.2 Å². The van der Waals surface area contributed by atoms with Crippen LogP contribution in [0.15, 0.2) is 42.0 Å². The maximum atomic E-state index is 12.8. The number of phenolic OH excluding ortho intramolecular Hbond substituents is 2. The quantitative estimate of drug-likeness (QED) is 0.139. The number of nitrogens with zero attached hydrogens (tertiary/aromatic N) is 3. The van der Waals surface area contributed by atoms with E-state index < -0.39 is 39.3 Å². The number of halogens is 1. The Morgan fingerprint density at radius 2 is 1.97 bits per heavy atom. The molecule has 2 aromatic rings. The number of aliphatic hydroxyl groups is 1. The van der Waals surface area contributed by atoms with Gasteiger partial charge >= 0.3 is 5.69 Å². The number of carbonyl (C=O) groups is 1. The van der Waals surface area contributed by atoms with Gasteiger partial charge in [0.2, 0.25) is 5.75 Å². The van der Waals surface area contributed by atoms with Gasteiger partial charge in [0.1, 0.15) is 11.8 Å². The van der Waals surface area contributed by atoms with Crippen LogP contribution in [0, 0.1) is 21.4 Å². The van der Waals surface area contributed by atoms with E-state index in [9.17, 15) is 35.5 Å². The summed E-state index contributed by atoms with van der Waals surface area (Å²) in [7, 11) is 0. The van der Waals surface area contributed by atoms with Crippen LogP contribution in [-0.2, 0) is 11.2 Å². The maximum absolute atomic E-state index is 12.8. The standard InChI is InChI=1S/C21H20ClN3O6/c1-2-24(9-5-7-13-6-3-4-8-16(13)22)21(29)15(12-23)19(27)14-10-17(25(30)31)20(28)18(26)11-14/h3-4,6,8,10-11,26-28H,2,5,7,9H2,1H3/b19-15-. The van der Waals surface area contributed by atoms with Gasteiger partial charge < -0.3 is 20.2 Å². The van der Waals surface area contributed by atoms with Crippen LogP contribution in [0.3, 0.4) is 0 Å². The van der Waals surface area contributed by atoms with Crippen molar-refractivity contribution in [1.29, 1.82) is 5.26 Å². The summed E-state index contributed by atoms with van der Waals surface area (Å²) in [4.78, 5) is 24.2. The highest BCUT2D eigenvalue weighted by Gasteiger charge is 2.25. The maximum Gasteiger partial charge on any atom is 0.315 e. The molecule has 2 rings (SSSR count). The Balaban J connectivity index is 2.27. The molecule has 10 heteroatoms. The Morgan fingerprint density at radius 3 is 2.55 bits per heavy atom. The largest absolute Gasteiger partial charge is 0.506 e. The molecule has 0 spiro atoms. The molecule has 0 saturated heterocycles. The van der Waals surface area contributed by atoms with Crippen molar-refractivity contribution in [2.75, 3.05) is 13.1 Å². The van der Waals surface area contributed by atoms with Crippen molar-refractivity contribution < 1.29 is 25.0 Å². The summed E-state index contributed by atoms with van der Waals surface area (Å²) in [6.07, 6.45) is 1.15. The highest BCUT2D eigenvalue weighted by molar-refractivity contribution is 6.31. The zero-order valence-corrected chi connectivity index (χ0v) is 17.3. The number of nitro benzene ring substituents is 1. The number of amides is 1. The molecular formula is C21H20ClN3O6. The second-order valence-corrected chi connectivity index (χ2v) is 6.94. The lowest BCUT2D eigenvalue weighted by Crippen LogP contribution is -2.33. The number of carbonyl (C=O) groups excluding carboxylic acids is 1. The van der Waals surface area contributed by atoms with Crippen molar-refractivity contribution >= 4 is 29.0 Å². The molecule has 0 radical (unpaired) electrons. The Hall–Kier alpha value is -3.77. The second kappa shape index (κ2) is 10.3. The fourth-order valence-electron chi connectivity index (χ4n) is 2.95. The first-order valence-electron chi connectivity index (χ1n) is 9.28. The van der Waals surface area contributed by atoms with Gasteiger partial charge in [-0.15, -0.1) is 0 Å². The first-order chi connectivity index (χ1) is 14.7. The minimum Gasteiger partial charge on any atom is -0.506 e. The molecule has 0 bridgehead atoms. The zero-order chi connectivity index (χ0) is 23.1. The van der Waals surface area contributed by atoms with Gasteiger partial charge in [-0.1, -0.05) is 29.8 Å². The van der Waals surface area contributed by atoms with Crippen LogP contribution in [0.2, 0.25) is 5.02 Å². The molecule has 0 aliphatic heterocycles. The minimum absolute atomic E-state index is 0.251. The molecule has 0 atom stereocenters. The number of likely N-dealkylation sites (N-methyl/N-ethyl adjacent to an activating group) is 1. The number of benzene rings is 2. The third kappa shape index (κ3) is 5.43. The Labute approximate surface area is 183 Å². The monoisotopic (exact) mass is 445 g/mol. The van der Waals surface area contributed by atoms with Crippen molar-refractivity contribution in [2.45, 2.75) is 19.8 Å². The van der Waals surface area contributed by atoms with E-state index in [-0.39, 0.29) is 18.7 Å². The van der Waals surface area contributed by atoms with Crippen LogP contribution >= 0.6 is 11.6 Å². The van der Waals surface area contributed by atoms with E-state index in [1.165, 1.54) is 4.90 Å². The average molecular weight is 446 g/mol. The summed E-state index contributed by atoms with van der Waals surface area (Å²) < 4.78 is 0. The normalized spacial score (nSPS) is 11.4. The molecule has 0 unspecified atom stereocenters. The minimum atomic E-state index is -0.985. The van der Waals surface area contributed by atoms with E-state index in [0.29, 0.717) is 17.9 Å². The first-order valence-corrected chi connectivity index (χ1v) is 9.65. The van der Waals surface area contributed by atoms with E-state index in [1.54, 1.807) is 19.1 Å². The summed E-state index contributed by atoms with van der Waals surface area (Å²) >= 11 is 6.13. The van der Waals surface area contributed by atoms with Gasteiger partial charge in [0.25, 0.3) is 5.91 Å². The van der Waals surface area contributed by atoms with E-state index in [0.717, 1.165) is 17.7 Å². The summed E-state index contributed by atoms with van der Waals surface area (Å²) in [6.45, 7) is 2.23. The lowest BCUT2D eigenvalue weighted by molar-refractivity contribution is -0.386. The summed E-state index contributed by atoms with van der Waals surface area (Å²) in [5.74, 6) is -3.46. The predicted molar refractivity (Wildman–Crippen MR) is 114 cm³/mol. The molecule has 2 aromatic carbocycles. The Morgan fingerprint density at radius 1 is 1.29 bits per heavy atom. The predicted octanol–water partition coefficient (Wildman–Crippen LogP) is 3.93. The second-order valence-electron chi connectivity index (χ2n) is 6.54. The van der Waals surface area contributed by atoms with Crippen molar-refractivity contribution in [2.24, 2.45) is 0 Å². The van der Waals surface area contributed by atoms with E-state index in [2.05, 4.69) is 0 Å². The highest BCUT2D eigenvalue weighted by atomic mass is 35.5. The van der Waals surface area contributed by atoms with Crippen LogP contribution in [0.1, 0.15) is 24.5 Å². The van der Waals surface area contributed by atoms with Crippen molar-refractivity contribution in [1.82, 2.24) is 4.90 Å². The van der Waals surface area contributed by atoms with Crippen LogP contribution in [-0.4, -0.2) is 44.1 Å². The number of nitro groups is 1. The molecule has 1 amide bonds. The number of aliphatic hydroxyl groups excluding tert-OH is 1. The summed E-state index contributed by atoms with van der Waals surface area (Å²) in [5, 5.41) is 50.8. The molecule has 162 valence electrons. The van der Waals surface area contributed by atoms with Crippen molar-refractivity contribution in [3.63, 3.8) is 0 Å². The van der Waals surface area contributed by atoms with Gasteiger partial charge in [0.05, 0.1) is 4.92 Å². The lowest BCUT2D eigenvalue weighted by Gasteiger charge is -2.21. The van der Waals surface area contributed by atoms with Gasteiger partial charge in [-0.25, -0.2) is 0 Å². The third-order valence-electron chi connectivity index (χ3n) is 4.60. The molecule has 0 saturated carbocycles. The van der Waals surface area contributed by atoms with Crippen LogP contribution in [0.25, 0.3) is 5.76 Å². The smallest absolute Gasteiger partial charge is 0.315 e. The molecule has 0 fully saturated rings. The molecule has 9 nitrogen and oxygen atoms in total. The number of aryl methyl sites for hydroxylation is 1. The molecule has 0 heterocycles. The fourth-order valence-corrected chi connectivity index (χ4v) is 3.18. The number of phenols is 2. The Kier molecular flexibility index (Phi) is 7.82. The molecule has 0 aromatic heterocycles. The number of hydrogen-bond acceptors (Lipinski definition) is 7. The molecule has 3 N–H and O–H groups in total. The lowest BCUT2D eigenvalue weighted by atomic mass is 10.1. The van der Waals surface area contributed by atoms with E-state index in [4.69, 9.17) is 11.6 Å². The number of nitriles is 1. The number of rotatable bonds is 8. The molecule has 0 aliphatic rings.